The van der Waals surface area contributed by atoms with Crippen molar-refractivity contribution in [2.24, 2.45) is 0 Å². The van der Waals surface area contributed by atoms with Crippen molar-refractivity contribution in [3.05, 3.63) is 96.3 Å². The first-order valence-electron chi connectivity index (χ1n) is 14.3. The van der Waals surface area contributed by atoms with Gasteiger partial charge < -0.3 is 19.9 Å². The molecule has 0 bridgehead atoms. The molecule has 1 saturated heterocycles. The molecule has 42 heavy (non-hydrogen) atoms. The fourth-order valence-electron chi connectivity index (χ4n) is 5.16. The molecule has 1 atom stereocenters. The van der Waals surface area contributed by atoms with Crippen molar-refractivity contribution < 1.29 is 14.3 Å². The number of benzene rings is 2. The summed E-state index contributed by atoms with van der Waals surface area (Å²) in [4.78, 5) is 36.7. The Balaban J connectivity index is 1.34. The van der Waals surface area contributed by atoms with Gasteiger partial charge in [0, 0.05) is 42.9 Å². The molecule has 0 aliphatic carbocycles. The van der Waals surface area contributed by atoms with Crippen molar-refractivity contribution in [1.29, 1.82) is 0 Å². The lowest BCUT2D eigenvalue weighted by Gasteiger charge is -2.33. The highest BCUT2D eigenvalue weighted by Crippen LogP contribution is 2.24. The molecule has 2 aromatic carbocycles. The molecular weight excluding hydrogens is 528 g/mol. The molecule has 3 heterocycles. The molecule has 1 aliphatic rings. The zero-order valence-electron chi connectivity index (χ0n) is 24.6. The summed E-state index contributed by atoms with van der Waals surface area (Å²) in [5, 5.41) is 6.08. The van der Waals surface area contributed by atoms with Crippen LogP contribution in [-0.4, -0.2) is 56.2 Å². The molecule has 4 aromatic rings. The van der Waals surface area contributed by atoms with E-state index in [2.05, 4.69) is 31.6 Å². The molecule has 0 unspecified atom stereocenters. The number of likely N-dealkylation sites (tertiary alicyclic amines) is 1. The Kier molecular flexibility index (Phi) is 8.68. The Morgan fingerprint density at radius 2 is 1.83 bits per heavy atom. The number of aromatic nitrogens is 3. The fraction of sp³-hybridized carbons (Fsp3) is 0.333. The molecular formula is C33H38N6O3. The molecule has 9 nitrogen and oxygen atoms in total. The van der Waals surface area contributed by atoms with Crippen LogP contribution in [-0.2, 0) is 11.3 Å². The van der Waals surface area contributed by atoms with Crippen LogP contribution in [0.5, 0.6) is 0 Å². The van der Waals surface area contributed by atoms with Crippen LogP contribution in [0.1, 0.15) is 55.4 Å². The van der Waals surface area contributed by atoms with Crippen LogP contribution in [0.2, 0.25) is 0 Å². The van der Waals surface area contributed by atoms with Crippen molar-refractivity contribution in [3.8, 4) is 16.8 Å². The number of rotatable bonds is 7. The van der Waals surface area contributed by atoms with Crippen LogP contribution in [0, 0.1) is 6.92 Å². The Labute approximate surface area is 246 Å². The van der Waals surface area contributed by atoms with Crippen LogP contribution >= 0.6 is 0 Å². The number of alkyl carbamates (subject to hydrolysis) is 1. The Morgan fingerprint density at radius 3 is 2.57 bits per heavy atom. The number of piperidine rings is 1. The van der Waals surface area contributed by atoms with Gasteiger partial charge in [-0.3, -0.25) is 14.7 Å². The van der Waals surface area contributed by atoms with Crippen LogP contribution < -0.4 is 10.6 Å². The van der Waals surface area contributed by atoms with Gasteiger partial charge in [-0.1, -0.05) is 30.3 Å². The molecule has 2 amide bonds. The number of anilines is 1. The lowest BCUT2D eigenvalue weighted by molar-refractivity contribution is 0.0470. The van der Waals surface area contributed by atoms with E-state index in [-0.39, 0.29) is 18.0 Å². The lowest BCUT2D eigenvalue weighted by Crippen LogP contribution is -2.48. The van der Waals surface area contributed by atoms with Crippen molar-refractivity contribution in [1.82, 2.24) is 24.8 Å². The molecule has 1 aliphatic heterocycles. The molecule has 0 saturated carbocycles. The largest absolute Gasteiger partial charge is 0.444 e. The third kappa shape index (κ3) is 7.82. The first-order valence-corrected chi connectivity index (χ1v) is 14.3. The van der Waals surface area contributed by atoms with Gasteiger partial charge in [0.15, 0.2) is 0 Å². The highest BCUT2D eigenvalue weighted by Gasteiger charge is 2.24. The molecule has 0 radical (unpaired) electrons. The second-order valence-electron chi connectivity index (χ2n) is 11.8. The highest BCUT2D eigenvalue weighted by atomic mass is 16.6. The minimum absolute atomic E-state index is 0.00946. The number of aryl methyl sites for hydroxylation is 1. The zero-order chi connectivity index (χ0) is 29.7. The standard InChI is InChI=1S/C33H38N6O3/c1-23-19-39(22-35-23)29-16-24(20-38-14-8-11-27(21-38)37-32(41)42-33(2,3)4)15-28(18-29)36-31(40)30-17-26(12-13-34-30)25-9-6-5-7-10-25/h5-7,9-10,12-13,15-19,22,27H,8,11,14,20-21H2,1-4H3,(H,36,40)(H,37,41)/t27-/m1/s1. The summed E-state index contributed by atoms with van der Waals surface area (Å²) < 4.78 is 7.41. The van der Waals surface area contributed by atoms with E-state index in [1.54, 1.807) is 18.6 Å². The number of carbonyl (C=O) groups is 2. The molecule has 9 heteroatoms. The SMILES string of the molecule is Cc1cn(-c2cc(CN3CCC[C@@H](NC(=O)OC(C)(C)C)C3)cc(NC(=O)c3cc(-c4ccccc4)ccn3)c2)cn1. The van der Waals surface area contributed by atoms with Gasteiger partial charge in [0.05, 0.1) is 12.0 Å². The fourth-order valence-corrected chi connectivity index (χ4v) is 5.16. The lowest BCUT2D eigenvalue weighted by atomic mass is 10.0. The summed E-state index contributed by atoms with van der Waals surface area (Å²) in [5.74, 6) is -0.280. The summed E-state index contributed by atoms with van der Waals surface area (Å²) in [7, 11) is 0. The third-order valence-electron chi connectivity index (χ3n) is 6.98. The smallest absolute Gasteiger partial charge is 0.407 e. The first-order chi connectivity index (χ1) is 20.1. The minimum atomic E-state index is -0.538. The van der Waals surface area contributed by atoms with E-state index >= 15 is 0 Å². The molecule has 218 valence electrons. The Bertz CT molecular complexity index is 1540. The van der Waals surface area contributed by atoms with Gasteiger partial charge in [-0.05, 0) is 94.1 Å². The number of imidazole rings is 1. The normalized spacial score (nSPS) is 15.7. The maximum atomic E-state index is 13.3. The van der Waals surface area contributed by atoms with Gasteiger partial charge in [-0.2, -0.15) is 0 Å². The summed E-state index contributed by atoms with van der Waals surface area (Å²) in [6, 6.07) is 19.7. The van der Waals surface area contributed by atoms with Crippen LogP contribution in [0.3, 0.4) is 0 Å². The van der Waals surface area contributed by atoms with E-state index in [0.29, 0.717) is 24.5 Å². The van der Waals surface area contributed by atoms with Crippen molar-refractivity contribution in [2.45, 2.75) is 58.7 Å². The number of hydrogen-bond acceptors (Lipinski definition) is 6. The average molecular weight is 567 g/mol. The van der Waals surface area contributed by atoms with E-state index in [4.69, 9.17) is 4.74 Å². The average Bonchev–Trinajstić information content (AvgIpc) is 3.39. The van der Waals surface area contributed by atoms with Crippen LogP contribution in [0.25, 0.3) is 16.8 Å². The second kappa shape index (κ2) is 12.6. The first kappa shape index (κ1) is 29.0. The molecule has 0 spiro atoms. The third-order valence-corrected chi connectivity index (χ3v) is 6.98. The quantitative estimate of drug-likeness (QED) is 0.285. The summed E-state index contributed by atoms with van der Waals surface area (Å²) in [6.45, 7) is 9.83. The van der Waals surface area contributed by atoms with Crippen molar-refractivity contribution in [2.75, 3.05) is 18.4 Å². The number of ether oxygens (including phenoxy) is 1. The maximum absolute atomic E-state index is 13.3. The molecule has 5 rings (SSSR count). The van der Waals surface area contributed by atoms with Gasteiger partial charge in [0.25, 0.3) is 5.91 Å². The van der Waals surface area contributed by atoms with Gasteiger partial charge >= 0.3 is 6.09 Å². The Hall–Kier alpha value is -4.50. The predicted octanol–water partition coefficient (Wildman–Crippen LogP) is 5.98. The van der Waals surface area contributed by atoms with Crippen LogP contribution in [0.4, 0.5) is 10.5 Å². The van der Waals surface area contributed by atoms with E-state index in [0.717, 1.165) is 47.5 Å². The van der Waals surface area contributed by atoms with Gasteiger partial charge in [0.1, 0.15) is 11.3 Å². The number of nitrogens with one attached hydrogen (secondary N) is 2. The summed E-state index contributed by atoms with van der Waals surface area (Å²) in [5.41, 5.74) is 5.27. The number of amides is 2. The van der Waals surface area contributed by atoms with Crippen molar-refractivity contribution in [3.63, 3.8) is 0 Å². The zero-order valence-corrected chi connectivity index (χ0v) is 24.6. The maximum Gasteiger partial charge on any atom is 0.407 e. The summed E-state index contributed by atoms with van der Waals surface area (Å²) in [6.07, 6.45) is 6.87. The number of pyridine rings is 1. The predicted molar refractivity (Wildman–Crippen MR) is 164 cm³/mol. The van der Waals surface area contributed by atoms with Crippen LogP contribution in [0.15, 0.2) is 79.4 Å². The second-order valence-corrected chi connectivity index (χ2v) is 11.8. The van der Waals surface area contributed by atoms with E-state index in [9.17, 15) is 9.59 Å². The number of carbonyl (C=O) groups excluding carboxylic acids is 2. The van der Waals surface area contributed by atoms with Crippen molar-refractivity contribution >= 4 is 17.7 Å². The van der Waals surface area contributed by atoms with Gasteiger partial charge in [-0.15, -0.1) is 0 Å². The topological polar surface area (TPSA) is 101 Å². The van der Waals surface area contributed by atoms with E-state index in [1.807, 2.05) is 87.0 Å². The minimum Gasteiger partial charge on any atom is -0.444 e. The number of nitrogens with zero attached hydrogens (tertiary/aromatic N) is 4. The molecule has 1 fully saturated rings. The number of hydrogen-bond donors (Lipinski definition) is 2. The van der Waals surface area contributed by atoms with E-state index in [1.165, 1.54) is 0 Å². The van der Waals surface area contributed by atoms with Gasteiger partial charge in [0.2, 0.25) is 0 Å². The van der Waals surface area contributed by atoms with Gasteiger partial charge in [-0.25, -0.2) is 9.78 Å². The van der Waals surface area contributed by atoms with E-state index < -0.39 is 5.60 Å². The highest BCUT2D eigenvalue weighted by molar-refractivity contribution is 6.03. The Morgan fingerprint density at radius 1 is 1.02 bits per heavy atom. The summed E-state index contributed by atoms with van der Waals surface area (Å²) >= 11 is 0. The molecule has 2 aromatic heterocycles. The monoisotopic (exact) mass is 566 g/mol. The molecule has 2 N–H and O–H groups in total.